The van der Waals surface area contributed by atoms with Crippen LogP contribution in [0.2, 0.25) is 0 Å². The van der Waals surface area contributed by atoms with Crippen molar-refractivity contribution in [3.8, 4) is 11.5 Å². The smallest absolute Gasteiger partial charge is 0.308 e. The maximum Gasteiger partial charge on any atom is 0.308 e. The van der Waals surface area contributed by atoms with Crippen LogP contribution in [0.25, 0.3) is 0 Å². The van der Waals surface area contributed by atoms with Crippen molar-refractivity contribution in [1.82, 2.24) is 4.90 Å². The average Bonchev–Trinajstić information content (AvgIpc) is 2.93. The largest absolute Gasteiger partial charge is 0.493 e. The zero-order chi connectivity index (χ0) is 17.7. The van der Waals surface area contributed by atoms with E-state index in [-0.39, 0.29) is 18.6 Å². The number of aliphatic carboxylic acids is 1. The Hall–Kier alpha value is -2.24. The summed E-state index contributed by atoms with van der Waals surface area (Å²) in [5, 5.41) is 9.13. The third-order valence-electron chi connectivity index (χ3n) is 4.14. The highest BCUT2D eigenvalue weighted by Crippen LogP contribution is 2.25. The third kappa shape index (κ3) is 4.63. The van der Waals surface area contributed by atoms with Gasteiger partial charge in [0.25, 0.3) is 5.91 Å². The summed E-state index contributed by atoms with van der Waals surface area (Å²) < 4.78 is 11.2. The van der Waals surface area contributed by atoms with E-state index < -0.39 is 11.9 Å². The summed E-state index contributed by atoms with van der Waals surface area (Å²) in [7, 11) is 0. The van der Waals surface area contributed by atoms with Crippen molar-refractivity contribution in [3.05, 3.63) is 24.3 Å². The first-order valence-electron chi connectivity index (χ1n) is 8.26. The zero-order valence-corrected chi connectivity index (χ0v) is 14.4. The van der Waals surface area contributed by atoms with Gasteiger partial charge in [-0.2, -0.15) is 0 Å². The number of benzene rings is 1. The number of likely N-dealkylation sites (tertiary alicyclic amines) is 1. The van der Waals surface area contributed by atoms with E-state index >= 15 is 0 Å². The molecular formula is C18H25NO5. The molecule has 1 amide bonds. The van der Waals surface area contributed by atoms with Crippen molar-refractivity contribution >= 4 is 11.9 Å². The molecule has 2 unspecified atom stereocenters. The fourth-order valence-corrected chi connectivity index (χ4v) is 2.77. The molecule has 1 fully saturated rings. The molecule has 1 N–H and O–H groups in total. The normalized spacial score (nSPS) is 20.2. The highest BCUT2D eigenvalue weighted by Gasteiger charge is 2.38. The molecule has 0 radical (unpaired) electrons. The summed E-state index contributed by atoms with van der Waals surface area (Å²) in [5.41, 5.74) is 0. The molecule has 1 aliphatic heterocycles. The van der Waals surface area contributed by atoms with E-state index in [4.69, 9.17) is 14.6 Å². The Labute approximate surface area is 142 Å². The van der Waals surface area contributed by atoms with Gasteiger partial charge in [0.2, 0.25) is 0 Å². The second kappa shape index (κ2) is 8.04. The number of nitrogens with zero attached hydrogens (tertiary/aromatic N) is 1. The predicted octanol–water partition coefficient (Wildman–Crippen LogP) is 2.42. The first-order valence-corrected chi connectivity index (χ1v) is 8.26. The van der Waals surface area contributed by atoms with Crippen LogP contribution >= 0.6 is 0 Å². The molecule has 6 heteroatoms. The van der Waals surface area contributed by atoms with Gasteiger partial charge in [0, 0.05) is 18.7 Å². The summed E-state index contributed by atoms with van der Waals surface area (Å²) in [6.07, 6.45) is 0.487. The highest BCUT2D eigenvalue weighted by molar-refractivity contribution is 5.80. The van der Waals surface area contributed by atoms with E-state index in [0.29, 0.717) is 37.0 Å². The number of amides is 1. The van der Waals surface area contributed by atoms with E-state index in [1.54, 1.807) is 24.0 Å². The van der Waals surface area contributed by atoms with Crippen LogP contribution in [0.5, 0.6) is 11.5 Å². The lowest BCUT2D eigenvalue weighted by molar-refractivity contribution is -0.143. The van der Waals surface area contributed by atoms with Gasteiger partial charge < -0.3 is 19.5 Å². The molecule has 1 saturated heterocycles. The second-order valence-electron chi connectivity index (χ2n) is 6.53. The highest BCUT2D eigenvalue weighted by atomic mass is 16.5. The lowest BCUT2D eigenvalue weighted by atomic mass is 10.0. The van der Waals surface area contributed by atoms with Crippen LogP contribution < -0.4 is 9.47 Å². The van der Waals surface area contributed by atoms with E-state index in [1.165, 1.54) is 0 Å². The number of ether oxygens (including phenoxy) is 2. The second-order valence-corrected chi connectivity index (χ2v) is 6.53. The maximum atomic E-state index is 12.3. The Bertz CT molecular complexity index is 587. The molecule has 0 aliphatic carbocycles. The standard InChI is InChI=1S/C18H25NO5/c1-12(2)10-23-14-5-4-6-15(9-14)24-11-17(20)19-8-7-16(13(19)3)18(21)22/h4-6,9,12-13,16H,7-8,10-11H2,1-3H3,(H,21,22). The number of hydrogen-bond acceptors (Lipinski definition) is 4. The average molecular weight is 335 g/mol. The van der Waals surface area contributed by atoms with Crippen molar-refractivity contribution < 1.29 is 24.2 Å². The number of carboxylic acid groups (broad SMARTS) is 1. The topological polar surface area (TPSA) is 76.1 Å². The lowest BCUT2D eigenvalue weighted by Crippen LogP contribution is -2.40. The minimum atomic E-state index is -0.853. The quantitative estimate of drug-likeness (QED) is 0.828. The van der Waals surface area contributed by atoms with Gasteiger partial charge in [-0.1, -0.05) is 19.9 Å². The van der Waals surface area contributed by atoms with Crippen LogP contribution in [-0.4, -0.2) is 47.7 Å². The van der Waals surface area contributed by atoms with E-state index in [9.17, 15) is 9.59 Å². The molecule has 0 bridgehead atoms. The van der Waals surface area contributed by atoms with Crippen molar-refractivity contribution in [2.45, 2.75) is 33.2 Å². The number of carboxylic acids is 1. The van der Waals surface area contributed by atoms with Crippen LogP contribution in [0.4, 0.5) is 0 Å². The number of rotatable bonds is 7. The molecule has 2 atom stereocenters. The summed E-state index contributed by atoms with van der Waals surface area (Å²) >= 11 is 0. The minimum Gasteiger partial charge on any atom is -0.493 e. The van der Waals surface area contributed by atoms with Gasteiger partial charge in [-0.3, -0.25) is 9.59 Å². The molecule has 1 aromatic rings. The molecule has 1 aliphatic rings. The van der Waals surface area contributed by atoms with Crippen LogP contribution in [0.1, 0.15) is 27.2 Å². The number of hydrogen-bond donors (Lipinski definition) is 1. The molecule has 2 rings (SSSR count). The fraction of sp³-hybridized carbons (Fsp3) is 0.556. The van der Waals surface area contributed by atoms with Crippen molar-refractivity contribution in [2.24, 2.45) is 11.8 Å². The zero-order valence-electron chi connectivity index (χ0n) is 14.4. The van der Waals surface area contributed by atoms with Gasteiger partial charge in [0.05, 0.1) is 12.5 Å². The molecule has 0 aromatic heterocycles. The van der Waals surface area contributed by atoms with Crippen molar-refractivity contribution in [3.63, 3.8) is 0 Å². The Kier molecular flexibility index (Phi) is 6.06. The van der Waals surface area contributed by atoms with E-state index in [0.717, 1.165) is 0 Å². The summed E-state index contributed by atoms with van der Waals surface area (Å²) in [5.74, 6) is 0.144. The van der Waals surface area contributed by atoms with Gasteiger partial charge in [0.15, 0.2) is 6.61 Å². The molecule has 0 spiro atoms. The Balaban J connectivity index is 1.88. The molecule has 0 saturated carbocycles. The summed E-state index contributed by atoms with van der Waals surface area (Å²) in [4.78, 5) is 25.0. The Morgan fingerprint density at radius 1 is 1.29 bits per heavy atom. The van der Waals surface area contributed by atoms with E-state index in [1.807, 2.05) is 12.1 Å². The molecule has 24 heavy (non-hydrogen) atoms. The predicted molar refractivity (Wildman–Crippen MR) is 89.2 cm³/mol. The SMILES string of the molecule is CC(C)COc1cccc(OCC(=O)N2CCC(C(=O)O)C2C)c1. The van der Waals surface area contributed by atoms with Crippen LogP contribution in [0, 0.1) is 11.8 Å². The molecule has 1 aromatic carbocycles. The van der Waals surface area contributed by atoms with Crippen LogP contribution in [-0.2, 0) is 9.59 Å². The van der Waals surface area contributed by atoms with Gasteiger partial charge in [-0.15, -0.1) is 0 Å². The molecular weight excluding hydrogens is 310 g/mol. The third-order valence-corrected chi connectivity index (χ3v) is 4.14. The Morgan fingerprint density at radius 3 is 2.54 bits per heavy atom. The molecule has 132 valence electrons. The fourth-order valence-electron chi connectivity index (χ4n) is 2.77. The van der Waals surface area contributed by atoms with Gasteiger partial charge in [0.1, 0.15) is 11.5 Å². The molecule has 6 nitrogen and oxygen atoms in total. The van der Waals surface area contributed by atoms with Crippen LogP contribution in [0.15, 0.2) is 24.3 Å². The summed E-state index contributed by atoms with van der Waals surface area (Å²) in [6.45, 7) is 6.87. The van der Waals surface area contributed by atoms with Crippen molar-refractivity contribution in [1.29, 1.82) is 0 Å². The van der Waals surface area contributed by atoms with Crippen molar-refractivity contribution in [2.75, 3.05) is 19.8 Å². The number of carbonyl (C=O) groups is 2. The number of carbonyl (C=O) groups excluding carboxylic acids is 1. The van der Waals surface area contributed by atoms with Gasteiger partial charge in [-0.25, -0.2) is 0 Å². The van der Waals surface area contributed by atoms with Gasteiger partial charge >= 0.3 is 5.97 Å². The van der Waals surface area contributed by atoms with Gasteiger partial charge in [-0.05, 0) is 31.4 Å². The summed E-state index contributed by atoms with van der Waals surface area (Å²) in [6, 6.07) is 6.87. The Morgan fingerprint density at radius 2 is 1.96 bits per heavy atom. The first kappa shape index (κ1) is 18.1. The first-order chi connectivity index (χ1) is 11.4. The molecule has 1 heterocycles. The monoisotopic (exact) mass is 335 g/mol. The minimum absolute atomic E-state index is 0.107. The van der Waals surface area contributed by atoms with Crippen LogP contribution in [0.3, 0.4) is 0 Å². The van der Waals surface area contributed by atoms with E-state index in [2.05, 4.69) is 13.8 Å². The lowest BCUT2D eigenvalue weighted by Gasteiger charge is -2.23. The maximum absolute atomic E-state index is 12.3.